The summed E-state index contributed by atoms with van der Waals surface area (Å²) in [7, 11) is 4.73. The molecule has 0 amide bonds. The molecule has 0 atom stereocenters. The quantitative estimate of drug-likeness (QED) is 0.472. The average molecular weight is 423 g/mol. The van der Waals surface area contributed by atoms with Crippen molar-refractivity contribution in [3.05, 3.63) is 55.1 Å². The first kappa shape index (κ1) is 17.7. The molecule has 25 heavy (non-hydrogen) atoms. The molecule has 0 spiro atoms. The lowest BCUT2D eigenvalue weighted by atomic mass is 10.2. The topological polar surface area (TPSA) is 78.9 Å². The van der Waals surface area contributed by atoms with Crippen molar-refractivity contribution in [1.82, 2.24) is 18.7 Å². The molecule has 0 aliphatic rings. The third-order valence-corrected chi connectivity index (χ3v) is 5.48. The van der Waals surface area contributed by atoms with E-state index in [0.29, 0.717) is 16.4 Å². The molecule has 2 heterocycles. The Bertz CT molecular complexity index is 1100. The molecule has 3 aromatic rings. The zero-order valence-electron chi connectivity index (χ0n) is 13.8. The monoisotopic (exact) mass is 422 g/mol. The van der Waals surface area contributed by atoms with Crippen molar-refractivity contribution < 1.29 is 4.79 Å². The number of hydrogen-bond acceptors (Lipinski definition) is 5. The summed E-state index contributed by atoms with van der Waals surface area (Å²) in [5.41, 5.74) is 0.401. The molecule has 0 aliphatic heterocycles. The molecular weight excluding hydrogens is 408 g/mol. The number of nitrogens with zero attached hydrogens (tertiary/aromatic N) is 4. The van der Waals surface area contributed by atoms with E-state index in [9.17, 15) is 14.4 Å². The summed E-state index contributed by atoms with van der Waals surface area (Å²) in [6.45, 7) is 0. The highest BCUT2D eigenvalue weighted by Crippen LogP contribution is 2.21. The second kappa shape index (κ2) is 6.64. The van der Waals surface area contributed by atoms with Gasteiger partial charge in [-0.15, -0.1) is 0 Å². The Kier molecular flexibility index (Phi) is 4.70. The van der Waals surface area contributed by atoms with Crippen molar-refractivity contribution in [1.29, 1.82) is 0 Å². The summed E-state index contributed by atoms with van der Waals surface area (Å²) in [4.78, 5) is 40.9. The minimum absolute atomic E-state index is 0.0358. The maximum Gasteiger partial charge on any atom is 0.332 e. The molecule has 0 unspecified atom stereocenters. The Labute approximate surface area is 155 Å². The molecule has 9 heteroatoms. The second-order valence-corrected chi connectivity index (χ2v) is 7.41. The van der Waals surface area contributed by atoms with Gasteiger partial charge in [-0.1, -0.05) is 39.8 Å². The zero-order valence-corrected chi connectivity index (χ0v) is 16.2. The third-order valence-electron chi connectivity index (χ3n) is 3.92. The van der Waals surface area contributed by atoms with Crippen LogP contribution in [0.25, 0.3) is 11.2 Å². The van der Waals surface area contributed by atoms with Crippen molar-refractivity contribution in [3.8, 4) is 0 Å². The summed E-state index contributed by atoms with van der Waals surface area (Å²) in [5, 5.41) is 0.513. The molecule has 130 valence electrons. The van der Waals surface area contributed by atoms with Crippen molar-refractivity contribution >= 4 is 44.6 Å². The Morgan fingerprint density at radius 2 is 1.72 bits per heavy atom. The largest absolute Gasteiger partial charge is 0.332 e. The predicted molar refractivity (Wildman–Crippen MR) is 100 cm³/mol. The fraction of sp³-hybridized carbons (Fsp3) is 0.250. The molecule has 3 rings (SSSR count). The molecule has 0 saturated carbocycles. The van der Waals surface area contributed by atoms with Crippen molar-refractivity contribution in [2.45, 2.75) is 5.16 Å². The van der Waals surface area contributed by atoms with Crippen LogP contribution in [0.1, 0.15) is 10.4 Å². The number of ketones is 1. The number of rotatable bonds is 4. The minimum Gasteiger partial charge on any atom is -0.308 e. The van der Waals surface area contributed by atoms with Gasteiger partial charge in [-0.25, -0.2) is 9.78 Å². The Hall–Kier alpha value is -2.13. The summed E-state index contributed by atoms with van der Waals surface area (Å²) < 4.78 is 4.97. The van der Waals surface area contributed by atoms with E-state index < -0.39 is 11.2 Å². The van der Waals surface area contributed by atoms with Crippen molar-refractivity contribution in [3.63, 3.8) is 0 Å². The van der Waals surface area contributed by atoms with E-state index in [4.69, 9.17) is 0 Å². The molecule has 0 aliphatic carbocycles. The Morgan fingerprint density at radius 1 is 1.08 bits per heavy atom. The lowest BCUT2D eigenvalue weighted by Crippen LogP contribution is -2.37. The number of aryl methyl sites for hydroxylation is 2. The van der Waals surface area contributed by atoms with Crippen molar-refractivity contribution in [2.75, 3.05) is 5.75 Å². The minimum atomic E-state index is -0.445. The smallest absolute Gasteiger partial charge is 0.308 e. The van der Waals surface area contributed by atoms with Crippen LogP contribution in [0.2, 0.25) is 0 Å². The fourth-order valence-corrected chi connectivity index (χ4v) is 3.66. The van der Waals surface area contributed by atoms with Crippen LogP contribution in [0.5, 0.6) is 0 Å². The van der Waals surface area contributed by atoms with Gasteiger partial charge in [0.05, 0.1) is 5.75 Å². The standard InChI is InChI=1S/C16H15BrN4O3S/c1-19-13-12(14(23)21(3)16(24)20(13)2)18-15(19)25-8-11(22)9-4-6-10(17)7-5-9/h4-7H,8H2,1-3H3. The third kappa shape index (κ3) is 3.09. The number of fused-ring (bicyclic) bond motifs is 1. The van der Waals surface area contributed by atoms with Crippen LogP contribution in [0, 0.1) is 0 Å². The summed E-state index contributed by atoms with van der Waals surface area (Å²) in [5.74, 6) is 0.152. The van der Waals surface area contributed by atoms with Crippen LogP contribution in [0.4, 0.5) is 0 Å². The van der Waals surface area contributed by atoms with E-state index in [1.54, 1.807) is 30.8 Å². The van der Waals surface area contributed by atoms with E-state index >= 15 is 0 Å². The van der Waals surface area contributed by atoms with Gasteiger partial charge in [0.2, 0.25) is 0 Å². The van der Waals surface area contributed by atoms with Crippen LogP contribution >= 0.6 is 27.7 Å². The van der Waals surface area contributed by atoms with Crippen LogP contribution in [-0.4, -0.2) is 30.2 Å². The molecule has 1 aromatic carbocycles. The van der Waals surface area contributed by atoms with E-state index in [0.717, 1.165) is 9.04 Å². The van der Waals surface area contributed by atoms with Gasteiger partial charge in [-0.2, -0.15) is 0 Å². The predicted octanol–water partition coefficient (Wildman–Crippen LogP) is 1.71. The molecule has 0 radical (unpaired) electrons. The van der Waals surface area contributed by atoms with Gasteiger partial charge < -0.3 is 4.57 Å². The number of aromatic nitrogens is 4. The molecule has 0 N–H and O–H groups in total. The van der Waals surface area contributed by atoms with Gasteiger partial charge >= 0.3 is 5.69 Å². The molecular formula is C16H15BrN4O3S. The SMILES string of the molecule is Cn1c(=O)c2nc(SCC(=O)c3ccc(Br)cc3)n(C)c2n(C)c1=O. The number of Topliss-reactive ketones (excluding diaryl/α,β-unsaturated/α-hetero) is 1. The number of carbonyl (C=O) groups is 1. The highest BCUT2D eigenvalue weighted by molar-refractivity contribution is 9.10. The van der Waals surface area contributed by atoms with Crippen LogP contribution < -0.4 is 11.2 Å². The summed E-state index contributed by atoms with van der Waals surface area (Å²) >= 11 is 4.57. The van der Waals surface area contributed by atoms with Gasteiger partial charge in [0, 0.05) is 31.2 Å². The highest BCUT2D eigenvalue weighted by Gasteiger charge is 2.18. The molecule has 0 saturated heterocycles. The van der Waals surface area contributed by atoms with Crippen LogP contribution in [-0.2, 0) is 21.1 Å². The normalized spacial score (nSPS) is 11.2. The molecule has 0 fully saturated rings. The van der Waals surface area contributed by atoms with E-state index in [1.165, 1.54) is 23.4 Å². The van der Waals surface area contributed by atoms with Crippen LogP contribution in [0.3, 0.4) is 0 Å². The fourth-order valence-electron chi connectivity index (χ4n) is 2.54. The number of imidazole rings is 1. The average Bonchev–Trinajstić information content (AvgIpc) is 2.93. The lowest BCUT2D eigenvalue weighted by Gasteiger charge is -2.06. The Balaban J connectivity index is 1.94. The number of thioether (sulfide) groups is 1. The van der Waals surface area contributed by atoms with Gasteiger partial charge in [-0.05, 0) is 12.1 Å². The summed E-state index contributed by atoms with van der Waals surface area (Å²) in [6.07, 6.45) is 0. The van der Waals surface area contributed by atoms with Gasteiger partial charge in [0.25, 0.3) is 5.56 Å². The maximum atomic E-state index is 12.3. The first-order valence-electron chi connectivity index (χ1n) is 7.35. The molecule has 0 bridgehead atoms. The highest BCUT2D eigenvalue weighted by atomic mass is 79.9. The number of halogens is 1. The van der Waals surface area contributed by atoms with E-state index in [2.05, 4.69) is 20.9 Å². The van der Waals surface area contributed by atoms with Crippen molar-refractivity contribution in [2.24, 2.45) is 21.1 Å². The first-order valence-corrected chi connectivity index (χ1v) is 9.13. The van der Waals surface area contributed by atoms with E-state index in [-0.39, 0.29) is 17.1 Å². The lowest BCUT2D eigenvalue weighted by molar-refractivity contribution is 0.102. The Morgan fingerprint density at radius 3 is 2.36 bits per heavy atom. The zero-order chi connectivity index (χ0) is 18.3. The van der Waals surface area contributed by atoms with Gasteiger partial charge in [-0.3, -0.25) is 18.7 Å². The van der Waals surface area contributed by atoms with Gasteiger partial charge in [0.15, 0.2) is 22.1 Å². The molecule has 7 nitrogen and oxygen atoms in total. The first-order chi connectivity index (χ1) is 11.8. The number of hydrogen-bond donors (Lipinski definition) is 0. The summed E-state index contributed by atoms with van der Waals surface area (Å²) in [6, 6.07) is 7.13. The number of benzene rings is 1. The molecule has 2 aromatic heterocycles. The van der Waals surface area contributed by atoms with E-state index in [1.807, 2.05) is 12.1 Å². The second-order valence-electron chi connectivity index (χ2n) is 5.55. The number of carbonyl (C=O) groups excluding carboxylic acids is 1. The van der Waals surface area contributed by atoms with Gasteiger partial charge in [0.1, 0.15) is 0 Å². The maximum absolute atomic E-state index is 12.3. The van der Waals surface area contributed by atoms with Crippen LogP contribution in [0.15, 0.2) is 43.5 Å².